The van der Waals surface area contributed by atoms with Crippen molar-refractivity contribution in [3.63, 3.8) is 0 Å². The molecule has 0 atom stereocenters. The van der Waals surface area contributed by atoms with Gasteiger partial charge in [-0.1, -0.05) is 6.92 Å². The molecule has 6 nitrogen and oxygen atoms in total. The Kier molecular flexibility index (Phi) is 8.99. The molecule has 0 bridgehead atoms. The van der Waals surface area contributed by atoms with Gasteiger partial charge in [0.2, 0.25) is 0 Å². The van der Waals surface area contributed by atoms with Crippen molar-refractivity contribution in [2.24, 2.45) is 10.9 Å². The fourth-order valence-electron chi connectivity index (χ4n) is 2.99. The van der Waals surface area contributed by atoms with E-state index in [1.807, 2.05) is 0 Å². The molecule has 1 fully saturated rings. The Labute approximate surface area is 141 Å². The third kappa shape index (κ3) is 6.37. The van der Waals surface area contributed by atoms with Crippen LogP contribution in [0.4, 0.5) is 0 Å². The van der Waals surface area contributed by atoms with E-state index in [2.05, 4.69) is 42.8 Å². The Hall–Kier alpha value is -1.30. The minimum absolute atomic E-state index is 0.0376. The number of hydrogen-bond acceptors (Lipinski definition) is 4. The molecule has 1 N–H and O–H groups in total. The van der Waals surface area contributed by atoms with Gasteiger partial charge < -0.3 is 15.0 Å². The first-order valence-electron chi connectivity index (χ1n) is 8.88. The largest absolute Gasteiger partial charge is 0.469 e. The number of esters is 1. The van der Waals surface area contributed by atoms with Gasteiger partial charge in [-0.15, -0.1) is 0 Å². The topological polar surface area (TPSA) is 57.2 Å². The fourth-order valence-corrected chi connectivity index (χ4v) is 2.99. The minimum Gasteiger partial charge on any atom is -0.469 e. The highest BCUT2D eigenvalue weighted by atomic mass is 16.5. The lowest BCUT2D eigenvalue weighted by Crippen LogP contribution is -2.47. The van der Waals surface area contributed by atoms with Crippen molar-refractivity contribution >= 4 is 11.9 Å². The number of methoxy groups -OCH3 is 1. The van der Waals surface area contributed by atoms with Crippen LogP contribution in [0.5, 0.6) is 0 Å². The molecule has 0 amide bonds. The Morgan fingerprint density at radius 2 is 2.00 bits per heavy atom. The van der Waals surface area contributed by atoms with Gasteiger partial charge in [0, 0.05) is 32.2 Å². The molecule has 1 heterocycles. The van der Waals surface area contributed by atoms with Crippen molar-refractivity contribution in [2.45, 2.75) is 46.6 Å². The zero-order valence-electron chi connectivity index (χ0n) is 15.5. The summed E-state index contributed by atoms with van der Waals surface area (Å²) in [6.07, 6.45) is 1.67. The van der Waals surface area contributed by atoms with Crippen LogP contribution in [0.15, 0.2) is 4.99 Å². The highest BCUT2D eigenvalue weighted by molar-refractivity contribution is 5.80. The zero-order valence-corrected chi connectivity index (χ0v) is 15.5. The molecule has 23 heavy (non-hydrogen) atoms. The predicted octanol–water partition coefficient (Wildman–Crippen LogP) is 1.57. The van der Waals surface area contributed by atoms with E-state index >= 15 is 0 Å². The van der Waals surface area contributed by atoms with Crippen LogP contribution in [0.1, 0.15) is 40.5 Å². The molecule has 6 heteroatoms. The predicted molar refractivity (Wildman–Crippen MR) is 94.7 cm³/mol. The Morgan fingerprint density at radius 1 is 1.35 bits per heavy atom. The maximum absolute atomic E-state index is 11.6. The Balaban J connectivity index is 2.54. The molecule has 0 aromatic carbocycles. The number of nitrogens with zero attached hydrogens (tertiary/aromatic N) is 3. The second-order valence-corrected chi connectivity index (χ2v) is 6.24. The number of carbonyl (C=O) groups excluding carboxylic acids is 1. The first-order valence-corrected chi connectivity index (χ1v) is 8.88. The first-order chi connectivity index (χ1) is 11.0. The van der Waals surface area contributed by atoms with Crippen LogP contribution in [0, 0.1) is 5.92 Å². The highest BCUT2D eigenvalue weighted by Gasteiger charge is 2.26. The number of likely N-dealkylation sites (tertiary alicyclic amines) is 1. The zero-order chi connectivity index (χ0) is 17.2. The molecule has 1 aliphatic rings. The summed E-state index contributed by atoms with van der Waals surface area (Å²) in [5.41, 5.74) is 0. The Bertz CT molecular complexity index is 377. The van der Waals surface area contributed by atoms with Crippen molar-refractivity contribution in [2.75, 3.05) is 46.4 Å². The maximum atomic E-state index is 11.6. The SMILES string of the molecule is CCNC(=NCCN(CC)C(C)C)N1CCC(C(=O)OC)CC1. The van der Waals surface area contributed by atoms with E-state index in [1.54, 1.807) is 0 Å². The molecule has 1 rings (SSSR count). The molecule has 0 aromatic rings. The molecule has 0 aromatic heterocycles. The van der Waals surface area contributed by atoms with Crippen LogP contribution in [0.2, 0.25) is 0 Å². The van der Waals surface area contributed by atoms with Crippen molar-refractivity contribution < 1.29 is 9.53 Å². The van der Waals surface area contributed by atoms with Gasteiger partial charge in [0.25, 0.3) is 0 Å². The van der Waals surface area contributed by atoms with Crippen molar-refractivity contribution in [3.05, 3.63) is 0 Å². The molecule has 0 aliphatic carbocycles. The third-order valence-electron chi connectivity index (χ3n) is 4.45. The monoisotopic (exact) mass is 326 g/mol. The molecule has 0 unspecified atom stereocenters. The van der Waals surface area contributed by atoms with Gasteiger partial charge in [0.15, 0.2) is 5.96 Å². The summed E-state index contributed by atoms with van der Waals surface area (Å²) in [6, 6.07) is 0.550. The van der Waals surface area contributed by atoms with Crippen molar-refractivity contribution in [1.82, 2.24) is 15.1 Å². The van der Waals surface area contributed by atoms with E-state index in [-0.39, 0.29) is 11.9 Å². The van der Waals surface area contributed by atoms with Crippen LogP contribution >= 0.6 is 0 Å². The van der Waals surface area contributed by atoms with Gasteiger partial charge in [-0.25, -0.2) is 0 Å². The second kappa shape index (κ2) is 10.5. The molecule has 1 saturated heterocycles. The first kappa shape index (κ1) is 19.7. The lowest BCUT2D eigenvalue weighted by Gasteiger charge is -2.33. The summed E-state index contributed by atoms with van der Waals surface area (Å²) in [4.78, 5) is 21.1. The minimum atomic E-state index is -0.0814. The summed E-state index contributed by atoms with van der Waals surface area (Å²) in [6.45, 7) is 14.1. The molecule has 1 aliphatic heterocycles. The van der Waals surface area contributed by atoms with E-state index in [4.69, 9.17) is 9.73 Å². The smallest absolute Gasteiger partial charge is 0.308 e. The molecule has 0 spiro atoms. The van der Waals surface area contributed by atoms with E-state index < -0.39 is 0 Å². The van der Waals surface area contributed by atoms with Crippen LogP contribution in [-0.4, -0.2) is 74.1 Å². The summed E-state index contributed by atoms with van der Waals surface area (Å²) in [5, 5.41) is 3.37. The van der Waals surface area contributed by atoms with Gasteiger partial charge in [0.05, 0.1) is 19.6 Å². The number of carbonyl (C=O) groups is 1. The number of likely N-dealkylation sites (N-methyl/N-ethyl adjacent to an activating group) is 1. The van der Waals surface area contributed by atoms with Gasteiger partial charge in [-0.3, -0.25) is 14.7 Å². The van der Waals surface area contributed by atoms with Gasteiger partial charge in [0.1, 0.15) is 0 Å². The molecule has 0 radical (unpaired) electrons. The van der Waals surface area contributed by atoms with Crippen LogP contribution in [0.25, 0.3) is 0 Å². The maximum Gasteiger partial charge on any atom is 0.308 e. The number of piperidine rings is 1. The molecular formula is C17H34N4O2. The Morgan fingerprint density at radius 3 is 2.48 bits per heavy atom. The number of ether oxygens (including phenoxy) is 1. The number of rotatable bonds is 7. The normalized spacial score (nSPS) is 17.0. The van der Waals surface area contributed by atoms with Gasteiger partial charge in [-0.2, -0.15) is 0 Å². The summed E-state index contributed by atoms with van der Waals surface area (Å²) in [5.74, 6) is 0.924. The van der Waals surface area contributed by atoms with Crippen LogP contribution < -0.4 is 5.32 Å². The highest BCUT2D eigenvalue weighted by Crippen LogP contribution is 2.18. The molecular weight excluding hydrogens is 292 g/mol. The van der Waals surface area contributed by atoms with Crippen molar-refractivity contribution in [3.8, 4) is 0 Å². The van der Waals surface area contributed by atoms with E-state index in [0.29, 0.717) is 6.04 Å². The van der Waals surface area contributed by atoms with Crippen LogP contribution in [0.3, 0.4) is 0 Å². The van der Waals surface area contributed by atoms with E-state index in [9.17, 15) is 4.79 Å². The average molecular weight is 326 g/mol. The summed E-state index contributed by atoms with van der Waals surface area (Å²) in [7, 11) is 1.47. The van der Waals surface area contributed by atoms with Gasteiger partial charge in [-0.05, 0) is 40.2 Å². The summed E-state index contributed by atoms with van der Waals surface area (Å²) < 4.78 is 4.85. The second-order valence-electron chi connectivity index (χ2n) is 6.24. The molecule has 134 valence electrons. The number of aliphatic imine (C=N–C) groups is 1. The van der Waals surface area contributed by atoms with E-state index in [1.165, 1.54) is 7.11 Å². The molecule has 0 saturated carbocycles. The number of nitrogens with one attached hydrogen (secondary N) is 1. The lowest BCUT2D eigenvalue weighted by atomic mass is 9.97. The van der Waals surface area contributed by atoms with Crippen molar-refractivity contribution in [1.29, 1.82) is 0 Å². The lowest BCUT2D eigenvalue weighted by molar-refractivity contribution is -0.146. The number of guanidine groups is 1. The standard InChI is InChI=1S/C17H34N4O2/c1-6-18-17(19-10-13-20(7-2)14(3)4)21-11-8-15(9-12-21)16(22)23-5/h14-15H,6-13H2,1-5H3,(H,18,19). The van der Waals surface area contributed by atoms with E-state index in [0.717, 1.165) is 58.1 Å². The quantitative estimate of drug-likeness (QED) is 0.437. The third-order valence-corrected chi connectivity index (χ3v) is 4.45. The van der Waals surface area contributed by atoms with Gasteiger partial charge >= 0.3 is 5.97 Å². The average Bonchev–Trinajstić information content (AvgIpc) is 2.56. The van der Waals surface area contributed by atoms with Crippen LogP contribution in [-0.2, 0) is 9.53 Å². The fraction of sp³-hybridized carbons (Fsp3) is 0.882. The number of hydrogen-bond donors (Lipinski definition) is 1. The summed E-state index contributed by atoms with van der Waals surface area (Å²) >= 11 is 0.